The van der Waals surface area contributed by atoms with E-state index in [2.05, 4.69) is 43.1 Å². The molecule has 1 aromatic rings. The highest BCUT2D eigenvalue weighted by Crippen LogP contribution is 2.25. The van der Waals surface area contributed by atoms with Gasteiger partial charge in [0.25, 0.3) is 0 Å². The fraction of sp³-hybridized carbons (Fsp3) is 0.538. The number of nitrogen functional groups attached to an aromatic ring is 1. The number of aryl methyl sites for hydroxylation is 1. The molecule has 0 spiro atoms. The number of nitrogens with zero attached hydrogens (tertiary/aromatic N) is 1. The molecule has 2 rings (SSSR count). The number of hydrogen-bond donors (Lipinski definition) is 2. The van der Waals surface area contributed by atoms with Crippen molar-refractivity contribution in [2.24, 2.45) is 0 Å². The SMILES string of the molecule is Cc1ccc(N2C[C@@H](C)N[C@@H](C)C2)c(N)c1. The molecular formula is C13H21N3. The number of nitrogens with one attached hydrogen (secondary N) is 1. The first kappa shape index (κ1) is 11.3. The minimum Gasteiger partial charge on any atom is -0.397 e. The second-order valence-electron chi connectivity index (χ2n) is 4.94. The first-order valence-corrected chi connectivity index (χ1v) is 5.93. The van der Waals surface area contributed by atoms with Crippen LogP contribution in [0.1, 0.15) is 19.4 Å². The molecule has 88 valence electrons. The summed E-state index contributed by atoms with van der Waals surface area (Å²) in [5, 5.41) is 3.53. The number of hydrogen-bond acceptors (Lipinski definition) is 3. The molecule has 1 heterocycles. The van der Waals surface area contributed by atoms with Gasteiger partial charge in [0.15, 0.2) is 0 Å². The normalized spacial score (nSPS) is 25.8. The van der Waals surface area contributed by atoms with E-state index in [1.807, 2.05) is 6.07 Å². The minimum absolute atomic E-state index is 0.518. The highest BCUT2D eigenvalue weighted by Gasteiger charge is 2.22. The van der Waals surface area contributed by atoms with Crippen molar-refractivity contribution in [3.8, 4) is 0 Å². The molecule has 3 heteroatoms. The second kappa shape index (κ2) is 4.34. The Morgan fingerprint density at radius 3 is 2.44 bits per heavy atom. The van der Waals surface area contributed by atoms with Crippen molar-refractivity contribution in [3.63, 3.8) is 0 Å². The maximum Gasteiger partial charge on any atom is 0.0601 e. The van der Waals surface area contributed by atoms with E-state index in [0.717, 1.165) is 18.8 Å². The van der Waals surface area contributed by atoms with E-state index in [9.17, 15) is 0 Å². The summed E-state index contributed by atoms with van der Waals surface area (Å²) in [6.07, 6.45) is 0. The molecule has 3 N–H and O–H groups in total. The van der Waals surface area contributed by atoms with Crippen LogP contribution >= 0.6 is 0 Å². The van der Waals surface area contributed by atoms with Crippen molar-refractivity contribution >= 4 is 11.4 Å². The van der Waals surface area contributed by atoms with Crippen LogP contribution in [0.5, 0.6) is 0 Å². The van der Waals surface area contributed by atoms with Crippen molar-refractivity contribution in [1.29, 1.82) is 0 Å². The van der Waals surface area contributed by atoms with Crippen molar-refractivity contribution in [2.75, 3.05) is 23.7 Å². The summed E-state index contributed by atoms with van der Waals surface area (Å²) < 4.78 is 0. The van der Waals surface area contributed by atoms with Gasteiger partial charge in [-0.2, -0.15) is 0 Å². The van der Waals surface area contributed by atoms with Crippen LogP contribution in [0.15, 0.2) is 18.2 Å². The average Bonchev–Trinajstić information content (AvgIpc) is 2.15. The Bertz CT molecular complexity index is 365. The van der Waals surface area contributed by atoms with Gasteiger partial charge in [-0.05, 0) is 38.5 Å². The van der Waals surface area contributed by atoms with Crippen molar-refractivity contribution in [1.82, 2.24) is 5.32 Å². The van der Waals surface area contributed by atoms with Crippen LogP contribution in [0, 0.1) is 6.92 Å². The van der Waals surface area contributed by atoms with E-state index >= 15 is 0 Å². The lowest BCUT2D eigenvalue weighted by Gasteiger charge is -2.38. The molecule has 0 aliphatic carbocycles. The van der Waals surface area contributed by atoms with Gasteiger partial charge in [0, 0.05) is 25.2 Å². The molecule has 16 heavy (non-hydrogen) atoms. The molecular weight excluding hydrogens is 198 g/mol. The molecule has 0 unspecified atom stereocenters. The third-order valence-corrected chi connectivity index (χ3v) is 3.08. The summed E-state index contributed by atoms with van der Waals surface area (Å²) in [4.78, 5) is 2.38. The van der Waals surface area contributed by atoms with Crippen molar-refractivity contribution in [3.05, 3.63) is 23.8 Å². The van der Waals surface area contributed by atoms with Crippen LogP contribution in [0.3, 0.4) is 0 Å². The van der Waals surface area contributed by atoms with Gasteiger partial charge in [-0.1, -0.05) is 6.07 Å². The largest absolute Gasteiger partial charge is 0.397 e. The van der Waals surface area contributed by atoms with Gasteiger partial charge < -0.3 is 16.0 Å². The van der Waals surface area contributed by atoms with Crippen LogP contribution in [-0.4, -0.2) is 25.2 Å². The summed E-state index contributed by atoms with van der Waals surface area (Å²) in [5.41, 5.74) is 9.36. The number of nitrogens with two attached hydrogens (primary N) is 1. The summed E-state index contributed by atoms with van der Waals surface area (Å²) in [7, 11) is 0. The van der Waals surface area contributed by atoms with Gasteiger partial charge in [0.2, 0.25) is 0 Å². The van der Waals surface area contributed by atoms with Crippen LogP contribution in [-0.2, 0) is 0 Å². The van der Waals surface area contributed by atoms with Gasteiger partial charge in [-0.15, -0.1) is 0 Å². The third kappa shape index (κ3) is 2.30. The van der Waals surface area contributed by atoms with Crippen molar-refractivity contribution < 1.29 is 0 Å². The van der Waals surface area contributed by atoms with Gasteiger partial charge >= 0.3 is 0 Å². The Hall–Kier alpha value is -1.22. The van der Waals surface area contributed by atoms with Gasteiger partial charge in [-0.25, -0.2) is 0 Å². The van der Waals surface area contributed by atoms with Crippen molar-refractivity contribution in [2.45, 2.75) is 32.9 Å². The Kier molecular flexibility index (Phi) is 3.06. The standard InChI is InChI=1S/C13H21N3/c1-9-4-5-13(12(14)6-9)16-7-10(2)15-11(3)8-16/h4-6,10-11,15H,7-8,14H2,1-3H3/t10-,11+. The molecule has 1 saturated heterocycles. The van der Waals surface area contributed by atoms with Crippen LogP contribution in [0.4, 0.5) is 11.4 Å². The Balaban J connectivity index is 2.23. The molecule has 0 saturated carbocycles. The van der Waals surface area contributed by atoms with Gasteiger partial charge in [0.1, 0.15) is 0 Å². The predicted octanol–water partition coefficient (Wildman–Crippen LogP) is 1.76. The molecule has 1 fully saturated rings. The molecule has 0 radical (unpaired) electrons. The summed E-state index contributed by atoms with van der Waals surface area (Å²) in [5.74, 6) is 0. The van der Waals surface area contributed by atoms with E-state index < -0.39 is 0 Å². The van der Waals surface area contributed by atoms with Crippen LogP contribution in [0.2, 0.25) is 0 Å². The lowest BCUT2D eigenvalue weighted by atomic mass is 10.1. The van der Waals surface area contributed by atoms with Crippen LogP contribution < -0.4 is 16.0 Å². The molecule has 1 aromatic carbocycles. The van der Waals surface area contributed by atoms with E-state index in [0.29, 0.717) is 12.1 Å². The molecule has 0 bridgehead atoms. The molecule has 1 aliphatic rings. The molecule has 1 aliphatic heterocycles. The molecule has 3 nitrogen and oxygen atoms in total. The number of benzene rings is 1. The quantitative estimate of drug-likeness (QED) is 0.707. The summed E-state index contributed by atoms with van der Waals surface area (Å²) >= 11 is 0. The Morgan fingerprint density at radius 2 is 1.88 bits per heavy atom. The lowest BCUT2D eigenvalue weighted by Crippen LogP contribution is -2.54. The highest BCUT2D eigenvalue weighted by atomic mass is 15.2. The van der Waals surface area contributed by atoms with E-state index in [-0.39, 0.29) is 0 Å². The van der Waals surface area contributed by atoms with E-state index in [4.69, 9.17) is 5.73 Å². The third-order valence-electron chi connectivity index (χ3n) is 3.08. The van der Waals surface area contributed by atoms with Gasteiger partial charge in [0.05, 0.1) is 11.4 Å². The summed E-state index contributed by atoms with van der Waals surface area (Å²) in [6.45, 7) is 8.55. The fourth-order valence-electron chi connectivity index (χ4n) is 2.49. The first-order valence-electron chi connectivity index (χ1n) is 5.93. The Morgan fingerprint density at radius 1 is 1.25 bits per heavy atom. The molecule has 0 aromatic heterocycles. The number of anilines is 2. The monoisotopic (exact) mass is 219 g/mol. The molecule has 2 atom stereocenters. The van der Waals surface area contributed by atoms with Crippen LogP contribution in [0.25, 0.3) is 0 Å². The van der Waals surface area contributed by atoms with E-state index in [1.165, 1.54) is 11.3 Å². The topological polar surface area (TPSA) is 41.3 Å². The molecule has 0 amide bonds. The zero-order chi connectivity index (χ0) is 11.7. The number of rotatable bonds is 1. The fourth-order valence-corrected chi connectivity index (χ4v) is 2.49. The second-order valence-corrected chi connectivity index (χ2v) is 4.94. The first-order chi connectivity index (χ1) is 7.56. The average molecular weight is 219 g/mol. The maximum atomic E-state index is 6.08. The van der Waals surface area contributed by atoms with E-state index in [1.54, 1.807) is 0 Å². The predicted molar refractivity (Wildman–Crippen MR) is 69.9 cm³/mol. The zero-order valence-electron chi connectivity index (χ0n) is 10.3. The Labute approximate surface area is 97.6 Å². The smallest absolute Gasteiger partial charge is 0.0601 e. The van der Waals surface area contributed by atoms with Gasteiger partial charge in [-0.3, -0.25) is 0 Å². The maximum absolute atomic E-state index is 6.08. The highest BCUT2D eigenvalue weighted by molar-refractivity contribution is 5.68. The summed E-state index contributed by atoms with van der Waals surface area (Å²) in [6, 6.07) is 7.35. The number of piperazine rings is 1. The zero-order valence-corrected chi connectivity index (χ0v) is 10.3. The lowest BCUT2D eigenvalue weighted by molar-refractivity contribution is 0.407. The minimum atomic E-state index is 0.518.